The molecule has 4 aromatic rings. The largest absolute Gasteiger partial charge is 0.376 e. The van der Waals surface area contributed by atoms with Gasteiger partial charge in [0.25, 0.3) is 0 Å². The van der Waals surface area contributed by atoms with Crippen LogP contribution < -0.4 is 15.5 Å². The van der Waals surface area contributed by atoms with Crippen LogP contribution in [0.3, 0.4) is 0 Å². The molecule has 7 rings (SSSR count). The molecule has 1 spiro atoms. The fourth-order valence-corrected chi connectivity index (χ4v) is 5.85. The number of hydrogen-bond acceptors (Lipinski definition) is 11. The molecule has 12 heteroatoms. The number of nitrogens with two attached hydrogens (primary N) is 1. The Balaban J connectivity index is 1.14. The number of aryl methyl sites for hydroxylation is 1. The molecule has 4 aromatic heterocycles. The molecule has 2 saturated heterocycles. The smallest absolute Gasteiger partial charge is 0.220 e. The zero-order chi connectivity index (χ0) is 24.3. The van der Waals surface area contributed by atoms with E-state index in [0.29, 0.717) is 17.2 Å². The Morgan fingerprint density at radius 2 is 2.03 bits per heavy atom. The summed E-state index contributed by atoms with van der Waals surface area (Å²) in [7, 11) is 0. The molecule has 12 nitrogen and oxygen atoms in total. The Labute approximate surface area is 207 Å². The molecule has 0 amide bonds. The van der Waals surface area contributed by atoms with Gasteiger partial charge in [-0.15, -0.1) is 0 Å². The highest BCUT2D eigenvalue weighted by molar-refractivity contribution is 5.87. The molecule has 36 heavy (non-hydrogen) atoms. The second-order valence-corrected chi connectivity index (χ2v) is 10.0. The zero-order valence-corrected chi connectivity index (χ0v) is 20.1. The third-order valence-electron chi connectivity index (χ3n) is 8.05. The van der Waals surface area contributed by atoms with Crippen molar-refractivity contribution in [3.8, 4) is 11.5 Å². The van der Waals surface area contributed by atoms with Crippen molar-refractivity contribution in [2.45, 2.75) is 44.8 Å². The molecular formula is C24H28N10O2. The number of nitrogens with zero attached hydrogens (tertiary/aromatic N) is 8. The maximum Gasteiger partial charge on any atom is 0.220 e. The van der Waals surface area contributed by atoms with E-state index in [9.17, 15) is 0 Å². The Bertz CT molecular complexity index is 1400. The standard InChI is InChI=1S/C24H28N10O2/c1-14-20(25)24(12-35-14)6-9-33(10-7-24)18-11-26-19-22(29-18)30-31-23(19)34-8-2-3-15-17(34)5-4-16(28-15)21-27-13-36-32-21/h4-5,11,13-14,20H,2-3,6-10,12,25H2,1H3,(H,29,30,31)/t14-,20+/m0/s1. The highest BCUT2D eigenvalue weighted by atomic mass is 16.5. The number of hydrogen-bond donors (Lipinski definition) is 2. The molecule has 0 aromatic carbocycles. The molecule has 186 valence electrons. The molecule has 0 unspecified atom stereocenters. The van der Waals surface area contributed by atoms with Gasteiger partial charge in [-0.05, 0) is 44.7 Å². The molecule has 0 aliphatic carbocycles. The first kappa shape index (κ1) is 21.6. The summed E-state index contributed by atoms with van der Waals surface area (Å²) in [5.74, 6) is 2.11. The minimum Gasteiger partial charge on any atom is -0.376 e. The number of piperidine rings is 1. The van der Waals surface area contributed by atoms with Crippen LogP contribution >= 0.6 is 0 Å². The quantitative estimate of drug-likeness (QED) is 0.437. The number of nitrogens with one attached hydrogen (secondary N) is 1. The molecule has 3 aliphatic heterocycles. The van der Waals surface area contributed by atoms with Crippen molar-refractivity contribution >= 4 is 28.5 Å². The predicted molar refractivity (Wildman–Crippen MR) is 132 cm³/mol. The Hall–Kier alpha value is -3.64. The lowest BCUT2D eigenvalue weighted by Gasteiger charge is -2.41. The highest BCUT2D eigenvalue weighted by Gasteiger charge is 2.47. The lowest BCUT2D eigenvalue weighted by molar-refractivity contribution is 0.0974. The van der Waals surface area contributed by atoms with Gasteiger partial charge in [-0.2, -0.15) is 10.1 Å². The topological polar surface area (TPSA) is 148 Å². The highest BCUT2D eigenvalue weighted by Crippen LogP contribution is 2.42. The van der Waals surface area contributed by atoms with E-state index in [2.05, 4.69) is 37.1 Å². The van der Waals surface area contributed by atoms with Gasteiger partial charge in [-0.25, -0.2) is 15.0 Å². The fourth-order valence-electron chi connectivity index (χ4n) is 5.85. The van der Waals surface area contributed by atoms with Crippen LogP contribution in [-0.2, 0) is 11.2 Å². The van der Waals surface area contributed by atoms with Crippen LogP contribution in [0.2, 0.25) is 0 Å². The van der Waals surface area contributed by atoms with E-state index in [1.165, 1.54) is 6.39 Å². The molecule has 0 saturated carbocycles. The lowest BCUT2D eigenvalue weighted by Crippen LogP contribution is -2.50. The average molecular weight is 489 g/mol. The van der Waals surface area contributed by atoms with Gasteiger partial charge in [-0.1, -0.05) is 5.16 Å². The second-order valence-electron chi connectivity index (χ2n) is 10.0. The van der Waals surface area contributed by atoms with E-state index in [4.69, 9.17) is 29.9 Å². The van der Waals surface area contributed by atoms with Gasteiger partial charge in [0.1, 0.15) is 11.5 Å². The van der Waals surface area contributed by atoms with Gasteiger partial charge in [0, 0.05) is 31.1 Å². The van der Waals surface area contributed by atoms with Crippen LogP contribution in [-0.4, -0.2) is 73.7 Å². The van der Waals surface area contributed by atoms with Crippen LogP contribution in [0.1, 0.15) is 31.9 Å². The number of fused-ring (bicyclic) bond motifs is 2. The predicted octanol–water partition coefficient (Wildman–Crippen LogP) is 2.21. The van der Waals surface area contributed by atoms with E-state index in [1.54, 1.807) is 0 Å². The third kappa shape index (κ3) is 3.35. The summed E-state index contributed by atoms with van der Waals surface area (Å²) in [6.07, 6.45) is 7.11. The first-order valence-electron chi connectivity index (χ1n) is 12.5. The van der Waals surface area contributed by atoms with Crippen molar-refractivity contribution in [2.75, 3.05) is 36.0 Å². The molecule has 2 fully saturated rings. The van der Waals surface area contributed by atoms with Crippen molar-refractivity contribution in [3.05, 3.63) is 30.4 Å². The minimum atomic E-state index is 0.0773. The van der Waals surface area contributed by atoms with E-state index < -0.39 is 0 Å². The van der Waals surface area contributed by atoms with Crippen LogP contribution in [0.4, 0.5) is 17.3 Å². The zero-order valence-electron chi connectivity index (χ0n) is 20.1. The summed E-state index contributed by atoms with van der Waals surface area (Å²) in [6, 6.07) is 4.04. The number of aromatic amines is 1. The molecule has 2 atom stereocenters. The van der Waals surface area contributed by atoms with Gasteiger partial charge < -0.3 is 24.8 Å². The molecule has 7 heterocycles. The first-order valence-corrected chi connectivity index (χ1v) is 12.5. The van der Waals surface area contributed by atoms with E-state index in [0.717, 1.165) is 80.5 Å². The Morgan fingerprint density at radius 3 is 2.81 bits per heavy atom. The average Bonchev–Trinajstić information content (AvgIpc) is 3.66. The van der Waals surface area contributed by atoms with Crippen LogP contribution in [0.25, 0.3) is 22.7 Å². The van der Waals surface area contributed by atoms with E-state index >= 15 is 0 Å². The van der Waals surface area contributed by atoms with Gasteiger partial charge in [0.2, 0.25) is 12.2 Å². The molecule has 3 aliphatic rings. The van der Waals surface area contributed by atoms with Crippen molar-refractivity contribution < 1.29 is 9.26 Å². The number of H-pyrrole nitrogens is 1. The molecule has 3 N–H and O–H groups in total. The number of pyridine rings is 1. The summed E-state index contributed by atoms with van der Waals surface area (Å²) in [4.78, 5) is 23.0. The molecule has 0 bridgehead atoms. The van der Waals surface area contributed by atoms with E-state index in [1.807, 2.05) is 18.3 Å². The normalized spacial score (nSPS) is 23.5. The van der Waals surface area contributed by atoms with Crippen molar-refractivity contribution in [1.29, 1.82) is 0 Å². The molecular weight excluding hydrogens is 460 g/mol. The van der Waals surface area contributed by atoms with Crippen LogP contribution in [0, 0.1) is 5.41 Å². The summed E-state index contributed by atoms with van der Waals surface area (Å²) in [5, 5.41) is 11.6. The first-order chi connectivity index (χ1) is 17.6. The van der Waals surface area contributed by atoms with Gasteiger partial charge in [0.15, 0.2) is 17.0 Å². The number of aromatic nitrogens is 7. The van der Waals surface area contributed by atoms with Crippen LogP contribution in [0.15, 0.2) is 29.2 Å². The second kappa shape index (κ2) is 8.20. The summed E-state index contributed by atoms with van der Waals surface area (Å²) in [6.45, 7) is 5.43. The minimum absolute atomic E-state index is 0.0773. The number of rotatable bonds is 3. The van der Waals surface area contributed by atoms with Gasteiger partial charge in [-0.3, -0.25) is 5.10 Å². The monoisotopic (exact) mass is 488 g/mol. The Morgan fingerprint density at radius 1 is 1.14 bits per heavy atom. The summed E-state index contributed by atoms with van der Waals surface area (Å²) < 4.78 is 10.7. The summed E-state index contributed by atoms with van der Waals surface area (Å²) >= 11 is 0. The van der Waals surface area contributed by atoms with E-state index in [-0.39, 0.29) is 17.6 Å². The van der Waals surface area contributed by atoms with Crippen LogP contribution in [0.5, 0.6) is 0 Å². The SMILES string of the molecule is C[C@@H]1OCC2(CCN(c3cnc4c(N5CCCc6nc(-c7ncon7)ccc65)n[nH]c4n3)CC2)[C@@H]1N. The third-order valence-corrected chi connectivity index (χ3v) is 8.05. The number of anilines is 3. The molecule has 0 radical (unpaired) electrons. The number of ether oxygens (including phenoxy) is 1. The maximum absolute atomic E-state index is 6.48. The van der Waals surface area contributed by atoms with Crippen molar-refractivity contribution in [3.63, 3.8) is 0 Å². The van der Waals surface area contributed by atoms with Gasteiger partial charge in [0.05, 0.1) is 30.3 Å². The van der Waals surface area contributed by atoms with Crippen molar-refractivity contribution in [1.82, 2.24) is 35.3 Å². The maximum atomic E-state index is 6.48. The fraction of sp³-hybridized carbons (Fsp3) is 0.500. The Kier molecular flexibility index (Phi) is 4.93. The van der Waals surface area contributed by atoms with Crippen molar-refractivity contribution in [2.24, 2.45) is 11.1 Å². The van der Waals surface area contributed by atoms with Gasteiger partial charge >= 0.3 is 0 Å². The summed E-state index contributed by atoms with van der Waals surface area (Å²) in [5.41, 5.74) is 10.7. The lowest BCUT2D eigenvalue weighted by atomic mass is 9.73.